The molecule has 68 valence electrons. The van der Waals surface area contributed by atoms with Gasteiger partial charge in [-0.3, -0.25) is 0 Å². The van der Waals surface area contributed by atoms with Gasteiger partial charge < -0.3 is 19.8 Å². The van der Waals surface area contributed by atoms with E-state index in [1.54, 1.807) is 0 Å². The van der Waals surface area contributed by atoms with Crippen LogP contribution in [0.1, 0.15) is 0 Å². The van der Waals surface area contributed by atoms with Crippen LogP contribution in [0, 0.1) is 0 Å². The Kier molecular flexibility index (Phi) is 21.6. The molecule has 0 rings (SSSR count). The third kappa shape index (κ3) is 32.9. The van der Waals surface area contributed by atoms with Crippen LogP contribution >= 0.6 is 31.9 Å². The molecule has 13 heavy (non-hydrogen) atoms. The molecule has 7 heteroatoms. The Morgan fingerprint density at radius 2 is 1.15 bits per heavy atom. The van der Waals surface area contributed by atoms with Gasteiger partial charge in [-0.25, -0.2) is 0 Å². The van der Waals surface area contributed by atoms with Gasteiger partial charge in [-0.1, -0.05) is 31.9 Å². The van der Waals surface area contributed by atoms with Gasteiger partial charge in [-0.15, -0.1) is 0 Å². The summed E-state index contributed by atoms with van der Waals surface area (Å²) in [5, 5.41) is 18.7. The van der Waals surface area contributed by atoms with Crippen LogP contribution in [0.3, 0.4) is 0 Å². The van der Waals surface area contributed by atoms with Crippen LogP contribution in [-0.2, 0) is 36.9 Å². The zero-order chi connectivity index (χ0) is 9.98. The summed E-state index contributed by atoms with van der Waals surface area (Å²) in [4.78, 5) is 21.2. The maximum atomic E-state index is 9.37. The summed E-state index contributed by atoms with van der Waals surface area (Å²) in [5.74, 6) is -2.38. The molecule has 0 saturated carbocycles. The number of halogens is 2. The van der Waals surface area contributed by atoms with E-state index in [1.165, 1.54) is 9.97 Å². The van der Waals surface area contributed by atoms with Gasteiger partial charge in [0, 0.05) is 0 Å². The summed E-state index contributed by atoms with van der Waals surface area (Å²) in [6.45, 7) is 0. The SMILES string of the molecule is O=C([O-])C=CBr.O=C([O-])C=CBr.[Cd+2]. The van der Waals surface area contributed by atoms with Crippen LogP contribution in [0.4, 0.5) is 0 Å². The Bertz CT molecular complexity index is 181. The fourth-order valence-electron chi connectivity index (χ4n) is 0.103. The van der Waals surface area contributed by atoms with E-state index >= 15 is 0 Å². The Labute approximate surface area is 112 Å². The molecule has 0 aromatic heterocycles. The fourth-order valence-corrected chi connectivity index (χ4v) is 0.535. The van der Waals surface area contributed by atoms with Gasteiger partial charge in [0.2, 0.25) is 0 Å². The number of carbonyl (C=O) groups excluding carboxylic acids is 2. The average Bonchev–Trinajstić information content (AvgIpc) is 1.87. The molecule has 4 nitrogen and oxygen atoms in total. The monoisotopic (exact) mass is 412 g/mol. The van der Waals surface area contributed by atoms with Crippen LogP contribution < -0.4 is 10.2 Å². The topological polar surface area (TPSA) is 80.3 Å². The average molecular weight is 412 g/mol. The Balaban J connectivity index is -0.000000143. The fraction of sp³-hybridized carbons (Fsp3) is 0. The van der Waals surface area contributed by atoms with Crippen molar-refractivity contribution in [3.63, 3.8) is 0 Å². The van der Waals surface area contributed by atoms with Gasteiger partial charge in [0.25, 0.3) is 0 Å². The maximum Gasteiger partial charge on any atom is 2.00 e. The minimum absolute atomic E-state index is 0. The van der Waals surface area contributed by atoms with E-state index in [-0.39, 0.29) is 27.3 Å². The van der Waals surface area contributed by atoms with E-state index in [0.29, 0.717) is 0 Å². The smallest absolute Gasteiger partial charge is 0.545 e. The molecule has 0 bridgehead atoms. The summed E-state index contributed by atoms with van der Waals surface area (Å²) in [6.07, 6.45) is 1.78. The van der Waals surface area contributed by atoms with E-state index in [4.69, 9.17) is 0 Å². The minimum atomic E-state index is -1.19. The van der Waals surface area contributed by atoms with Crippen LogP contribution in [0.5, 0.6) is 0 Å². The molecule has 0 heterocycles. The Hall–Kier alpha value is 0.302. The van der Waals surface area contributed by atoms with E-state index < -0.39 is 11.9 Å². The van der Waals surface area contributed by atoms with Gasteiger partial charge >= 0.3 is 27.3 Å². The third-order valence-corrected chi connectivity index (χ3v) is 0.927. The molecule has 0 radical (unpaired) electrons. The van der Waals surface area contributed by atoms with Crippen molar-refractivity contribution in [1.29, 1.82) is 0 Å². The third-order valence-electron chi connectivity index (χ3n) is 0.398. The molecular formula is C6H4Br2CdO4. The first-order valence-electron chi connectivity index (χ1n) is 2.50. The summed E-state index contributed by atoms with van der Waals surface area (Å²) in [5.41, 5.74) is 0. The summed E-state index contributed by atoms with van der Waals surface area (Å²) >= 11 is 5.50. The standard InChI is InChI=1S/2C3H3BrO2.Cd/c2*4-2-1-3(5)6;/h2*1-2H,(H,5,6);/q;;+2/p-2. The van der Waals surface area contributed by atoms with Crippen molar-refractivity contribution in [2.75, 3.05) is 0 Å². The van der Waals surface area contributed by atoms with E-state index in [1.807, 2.05) is 0 Å². The van der Waals surface area contributed by atoms with Crippen molar-refractivity contribution in [3.05, 3.63) is 22.1 Å². The summed E-state index contributed by atoms with van der Waals surface area (Å²) < 4.78 is 0. The Morgan fingerprint density at radius 3 is 1.15 bits per heavy atom. The molecule has 0 aliphatic heterocycles. The molecule has 0 aromatic rings. The first kappa shape index (κ1) is 19.0. The van der Waals surface area contributed by atoms with Crippen molar-refractivity contribution < 1.29 is 47.1 Å². The zero-order valence-electron chi connectivity index (χ0n) is 6.41. The quantitative estimate of drug-likeness (QED) is 0.443. The van der Waals surface area contributed by atoms with Gasteiger partial charge in [0.15, 0.2) is 0 Å². The van der Waals surface area contributed by atoms with Gasteiger partial charge in [-0.05, 0) is 22.1 Å². The van der Waals surface area contributed by atoms with Gasteiger partial charge in [0.1, 0.15) is 0 Å². The molecule has 0 unspecified atom stereocenters. The van der Waals surface area contributed by atoms with Crippen LogP contribution in [0.2, 0.25) is 0 Å². The molecule has 0 aliphatic rings. The van der Waals surface area contributed by atoms with Gasteiger partial charge in [0.05, 0.1) is 11.9 Å². The second-order valence-corrected chi connectivity index (χ2v) is 2.28. The first-order chi connectivity index (χ1) is 5.54. The van der Waals surface area contributed by atoms with E-state index in [2.05, 4.69) is 31.9 Å². The molecule has 0 amide bonds. The number of rotatable bonds is 2. The molecule has 0 aromatic carbocycles. The summed E-state index contributed by atoms with van der Waals surface area (Å²) in [6, 6.07) is 0. The number of carbonyl (C=O) groups is 2. The number of carboxylic acid groups (broad SMARTS) is 2. The zero-order valence-corrected chi connectivity index (χ0v) is 13.6. The maximum absolute atomic E-state index is 9.37. The van der Waals surface area contributed by atoms with Crippen molar-refractivity contribution in [1.82, 2.24) is 0 Å². The largest absolute Gasteiger partial charge is 2.00 e. The van der Waals surface area contributed by atoms with E-state index in [9.17, 15) is 19.8 Å². The van der Waals surface area contributed by atoms with E-state index in [0.717, 1.165) is 12.2 Å². The van der Waals surface area contributed by atoms with Crippen LogP contribution in [-0.4, -0.2) is 11.9 Å². The molecule has 0 aliphatic carbocycles. The molecule has 0 spiro atoms. The molecule has 0 N–H and O–H groups in total. The number of hydrogen-bond donors (Lipinski definition) is 0. The molecule has 0 fully saturated rings. The Morgan fingerprint density at radius 1 is 0.923 bits per heavy atom. The van der Waals surface area contributed by atoms with Crippen LogP contribution in [0.25, 0.3) is 0 Å². The van der Waals surface area contributed by atoms with Crippen molar-refractivity contribution in [2.24, 2.45) is 0 Å². The molecule has 0 atom stereocenters. The number of aliphatic carboxylic acids is 2. The van der Waals surface area contributed by atoms with Crippen molar-refractivity contribution in [2.45, 2.75) is 0 Å². The van der Waals surface area contributed by atoms with Crippen LogP contribution in [0.15, 0.2) is 22.1 Å². The van der Waals surface area contributed by atoms with Gasteiger partial charge in [-0.2, -0.15) is 0 Å². The summed E-state index contributed by atoms with van der Waals surface area (Å²) in [7, 11) is 0. The second-order valence-electron chi connectivity index (χ2n) is 1.22. The second kappa shape index (κ2) is 14.8. The first-order valence-corrected chi connectivity index (χ1v) is 4.33. The number of carboxylic acids is 2. The predicted octanol–water partition coefficient (Wildman–Crippen LogP) is -0.713. The van der Waals surface area contributed by atoms with Crippen molar-refractivity contribution >= 4 is 43.8 Å². The predicted molar refractivity (Wildman–Crippen MR) is 46.1 cm³/mol. The minimum Gasteiger partial charge on any atom is -0.545 e. The normalized spacial score (nSPS) is 8.77. The molecular weight excluding hydrogens is 408 g/mol. The number of hydrogen-bond acceptors (Lipinski definition) is 4. The molecule has 0 saturated heterocycles. The van der Waals surface area contributed by atoms with Crippen molar-refractivity contribution in [3.8, 4) is 0 Å².